The molecule has 1 heterocycles. The van der Waals surface area contributed by atoms with E-state index in [1.807, 2.05) is 6.07 Å². The van der Waals surface area contributed by atoms with Crippen LogP contribution in [0, 0.1) is 11.3 Å². The molecule has 1 aromatic heterocycles. The molecule has 4 nitrogen and oxygen atoms in total. The van der Waals surface area contributed by atoms with Crippen molar-refractivity contribution < 1.29 is 9.53 Å². The molecular formula is C14H11ClN2O2S. The minimum absolute atomic E-state index is 0.410. The Hall–Kier alpha value is -2.03. The van der Waals surface area contributed by atoms with Gasteiger partial charge in [0.25, 0.3) is 0 Å². The van der Waals surface area contributed by atoms with Crippen molar-refractivity contribution in [2.45, 2.75) is 6.54 Å². The van der Waals surface area contributed by atoms with Gasteiger partial charge in [0, 0.05) is 11.4 Å². The zero-order valence-electron chi connectivity index (χ0n) is 10.6. The van der Waals surface area contributed by atoms with Crippen LogP contribution >= 0.6 is 22.9 Å². The van der Waals surface area contributed by atoms with Crippen LogP contribution in [0.2, 0.25) is 5.02 Å². The highest BCUT2D eigenvalue weighted by Crippen LogP contribution is 2.25. The zero-order valence-corrected chi connectivity index (χ0v) is 12.2. The summed E-state index contributed by atoms with van der Waals surface area (Å²) >= 11 is 7.49. The maximum Gasteiger partial charge on any atom is 0.337 e. The molecule has 0 aliphatic carbocycles. The molecule has 0 radical (unpaired) electrons. The maximum atomic E-state index is 11.5. The monoisotopic (exact) mass is 306 g/mol. The number of benzene rings is 1. The molecule has 1 aromatic carbocycles. The van der Waals surface area contributed by atoms with E-state index in [1.54, 1.807) is 24.3 Å². The summed E-state index contributed by atoms with van der Waals surface area (Å²) in [5.41, 5.74) is 1.09. The minimum atomic E-state index is -0.410. The normalized spacial score (nSPS) is 9.85. The molecule has 0 fully saturated rings. The van der Waals surface area contributed by atoms with Crippen LogP contribution in [-0.2, 0) is 11.3 Å². The quantitative estimate of drug-likeness (QED) is 0.875. The van der Waals surface area contributed by atoms with Crippen LogP contribution in [0.3, 0.4) is 0 Å². The lowest BCUT2D eigenvalue weighted by Crippen LogP contribution is -2.04. The Morgan fingerprint density at radius 1 is 1.45 bits per heavy atom. The molecule has 0 spiro atoms. The highest BCUT2D eigenvalue weighted by molar-refractivity contribution is 7.12. The molecule has 6 heteroatoms. The number of rotatable bonds is 4. The van der Waals surface area contributed by atoms with Crippen molar-refractivity contribution >= 4 is 34.6 Å². The second kappa shape index (κ2) is 6.42. The van der Waals surface area contributed by atoms with Crippen LogP contribution in [0.4, 0.5) is 5.69 Å². The Kier molecular flexibility index (Phi) is 4.61. The van der Waals surface area contributed by atoms with E-state index in [0.29, 0.717) is 27.7 Å². The lowest BCUT2D eigenvalue weighted by molar-refractivity contribution is 0.0601. The summed E-state index contributed by atoms with van der Waals surface area (Å²) in [6, 6.07) is 10.6. The van der Waals surface area contributed by atoms with Gasteiger partial charge in [0.15, 0.2) is 0 Å². The van der Waals surface area contributed by atoms with Crippen molar-refractivity contribution in [3.8, 4) is 6.07 Å². The molecule has 102 valence electrons. The van der Waals surface area contributed by atoms with Gasteiger partial charge < -0.3 is 10.1 Å². The molecule has 0 aliphatic rings. The Morgan fingerprint density at radius 2 is 2.25 bits per heavy atom. The van der Waals surface area contributed by atoms with Gasteiger partial charge in [-0.15, -0.1) is 11.3 Å². The van der Waals surface area contributed by atoms with Crippen molar-refractivity contribution in [3.05, 3.63) is 50.7 Å². The van der Waals surface area contributed by atoms with Crippen LogP contribution in [0.1, 0.15) is 20.1 Å². The first-order valence-electron chi connectivity index (χ1n) is 5.74. The Balaban J connectivity index is 2.12. The van der Waals surface area contributed by atoms with Crippen LogP contribution in [0.25, 0.3) is 0 Å². The largest absolute Gasteiger partial charge is 0.465 e. The highest BCUT2D eigenvalue weighted by Gasteiger charge is 2.09. The number of carbonyl (C=O) groups excluding carboxylic acids is 1. The van der Waals surface area contributed by atoms with Crippen molar-refractivity contribution in [2.75, 3.05) is 12.4 Å². The van der Waals surface area contributed by atoms with E-state index in [4.69, 9.17) is 16.9 Å². The average Bonchev–Trinajstić information content (AvgIpc) is 2.93. The Labute approximate surface area is 125 Å². The highest BCUT2D eigenvalue weighted by atomic mass is 35.5. The standard InChI is InChI=1S/C14H11ClN2O2S/c1-19-14(18)9-2-5-12(15)13(6-9)17-8-11-4-3-10(7-16)20-11/h2-6,17H,8H2,1H3. The van der Waals surface area contributed by atoms with Gasteiger partial charge in [-0.25, -0.2) is 4.79 Å². The van der Waals surface area contributed by atoms with Gasteiger partial charge in [0.05, 0.1) is 23.4 Å². The smallest absolute Gasteiger partial charge is 0.337 e. The Bertz CT molecular complexity index is 676. The van der Waals surface area contributed by atoms with E-state index < -0.39 is 5.97 Å². The van der Waals surface area contributed by atoms with Crippen LogP contribution in [0.5, 0.6) is 0 Å². The summed E-state index contributed by atoms with van der Waals surface area (Å²) in [6.07, 6.45) is 0. The fourth-order valence-corrected chi connectivity index (χ4v) is 2.55. The number of carbonyl (C=O) groups is 1. The molecule has 0 bridgehead atoms. The van der Waals surface area contributed by atoms with E-state index in [1.165, 1.54) is 18.4 Å². The lowest BCUT2D eigenvalue weighted by atomic mass is 10.2. The van der Waals surface area contributed by atoms with Gasteiger partial charge in [-0.3, -0.25) is 0 Å². The summed E-state index contributed by atoms with van der Waals surface area (Å²) < 4.78 is 4.67. The summed E-state index contributed by atoms with van der Waals surface area (Å²) in [4.78, 5) is 13.1. The van der Waals surface area contributed by atoms with Gasteiger partial charge >= 0.3 is 5.97 Å². The average molecular weight is 307 g/mol. The number of ether oxygens (including phenoxy) is 1. The number of esters is 1. The predicted molar refractivity (Wildman–Crippen MR) is 79.2 cm³/mol. The molecule has 0 aliphatic heterocycles. The first kappa shape index (κ1) is 14.4. The molecule has 2 aromatic rings. The van der Waals surface area contributed by atoms with Crippen molar-refractivity contribution in [1.82, 2.24) is 0 Å². The van der Waals surface area contributed by atoms with Crippen molar-refractivity contribution in [2.24, 2.45) is 0 Å². The van der Waals surface area contributed by atoms with E-state index in [9.17, 15) is 4.79 Å². The number of nitrogens with one attached hydrogen (secondary N) is 1. The number of hydrogen-bond donors (Lipinski definition) is 1. The second-order valence-corrected chi connectivity index (χ2v) is 5.49. The SMILES string of the molecule is COC(=O)c1ccc(Cl)c(NCc2ccc(C#N)s2)c1. The predicted octanol–water partition coefficient (Wildman–Crippen LogP) is 3.67. The summed E-state index contributed by atoms with van der Waals surface area (Å²) in [5.74, 6) is -0.410. The number of methoxy groups -OCH3 is 1. The van der Waals surface area contributed by atoms with Gasteiger partial charge in [-0.2, -0.15) is 5.26 Å². The van der Waals surface area contributed by atoms with E-state index >= 15 is 0 Å². The van der Waals surface area contributed by atoms with Crippen molar-refractivity contribution in [1.29, 1.82) is 5.26 Å². The van der Waals surface area contributed by atoms with Gasteiger partial charge in [-0.1, -0.05) is 11.6 Å². The molecule has 0 amide bonds. The van der Waals surface area contributed by atoms with Gasteiger partial charge in [0.2, 0.25) is 0 Å². The number of hydrogen-bond acceptors (Lipinski definition) is 5. The summed E-state index contributed by atoms with van der Waals surface area (Å²) in [6.45, 7) is 0.538. The third kappa shape index (κ3) is 3.29. The molecule has 0 atom stereocenters. The lowest BCUT2D eigenvalue weighted by Gasteiger charge is -2.09. The molecule has 0 saturated carbocycles. The number of anilines is 1. The topological polar surface area (TPSA) is 62.1 Å². The fraction of sp³-hybridized carbons (Fsp3) is 0.143. The van der Waals surface area contributed by atoms with Crippen LogP contribution in [0.15, 0.2) is 30.3 Å². The van der Waals surface area contributed by atoms with E-state index in [-0.39, 0.29) is 0 Å². The summed E-state index contributed by atoms with van der Waals surface area (Å²) in [7, 11) is 1.33. The number of halogens is 1. The fourth-order valence-electron chi connectivity index (χ4n) is 1.62. The second-order valence-electron chi connectivity index (χ2n) is 3.92. The van der Waals surface area contributed by atoms with Gasteiger partial charge in [0.1, 0.15) is 10.9 Å². The molecular weight excluding hydrogens is 296 g/mol. The molecule has 0 saturated heterocycles. The first-order chi connectivity index (χ1) is 9.63. The van der Waals surface area contributed by atoms with E-state index in [2.05, 4.69) is 16.1 Å². The molecule has 1 N–H and O–H groups in total. The molecule has 2 rings (SSSR count). The summed E-state index contributed by atoms with van der Waals surface area (Å²) in [5, 5.41) is 12.4. The third-order valence-electron chi connectivity index (χ3n) is 2.61. The zero-order chi connectivity index (χ0) is 14.5. The molecule has 20 heavy (non-hydrogen) atoms. The van der Waals surface area contributed by atoms with Crippen LogP contribution < -0.4 is 5.32 Å². The van der Waals surface area contributed by atoms with Gasteiger partial charge in [-0.05, 0) is 30.3 Å². The number of nitriles is 1. The number of nitrogens with zero attached hydrogens (tertiary/aromatic N) is 1. The maximum absolute atomic E-state index is 11.5. The molecule has 0 unspecified atom stereocenters. The Morgan fingerprint density at radius 3 is 2.90 bits per heavy atom. The first-order valence-corrected chi connectivity index (χ1v) is 6.94. The van der Waals surface area contributed by atoms with E-state index in [0.717, 1.165) is 4.88 Å². The minimum Gasteiger partial charge on any atom is -0.465 e. The van der Waals surface area contributed by atoms with Crippen molar-refractivity contribution in [3.63, 3.8) is 0 Å². The number of thiophene rings is 1. The van der Waals surface area contributed by atoms with Crippen LogP contribution in [-0.4, -0.2) is 13.1 Å². The third-order valence-corrected chi connectivity index (χ3v) is 3.93.